The second-order valence-corrected chi connectivity index (χ2v) is 6.54. The molecule has 29 heavy (non-hydrogen) atoms. The van der Waals surface area contributed by atoms with Crippen molar-refractivity contribution in [3.8, 4) is 0 Å². The molecule has 0 saturated carbocycles. The maximum Gasteiger partial charge on any atom is 0.337 e. The summed E-state index contributed by atoms with van der Waals surface area (Å²) < 4.78 is 0. The van der Waals surface area contributed by atoms with Gasteiger partial charge in [0, 0.05) is 24.5 Å². The van der Waals surface area contributed by atoms with E-state index in [0.29, 0.717) is 17.6 Å². The summed E-state index contributed by atoms with van der Waals surface area (Å²) in [6.07, 6.45) is 2.21. The Morgan fingerprint density at radius 1 is 0.793 bits per heavy atom. The number of anilines is 5. The maximum atomic E-state index is 12.1. The Morgan fingerprint density at radius 3 is 2.10 bits per heavy atom. The molecule has 9 heteroatoms. The second kappa shape index (κ2) is 8.87. The monoisotopic (exact) mass is 390 g/mol. The van der Waals surface area contributed by atoms with Gasteiger partial charge in [-0.3, -0.25) is 5.43 Å². The average molecular weight is 390 g/mol. The van der Waals surface area contributed by atoms with Crippen molar-refractivity contribution >= 4 is 35.3 Å². The molecule has 4 N–H and O–H groups in total. The van der Waals surface area contributed by atoms with Crippen LogP contribution in [0.25, 0.3) is 0 Å². The first-order chi connectivity index (χ1) is 14.3. The summed E-state index contributed by atoms with van der Waals surface area (Å²) in [7, 11) is 0. The van der Waals surface area contributed by atoms with Gasteiger partial charge in [0.15, 0.2) is 0 Å². The molecule has 2 aromatic carbocycles. The Morgan fingerprint density at radius 2 is 1.41 bits per heavy atom. The first-order valence-corrected chi connectivity index (χ1v) is 9.47. The molecule has 1 aliphatic rings. The Labute approximate surface area is 168 Å². The number of nitrogens with zero attached hydrogens (tertiary/aromatic N) is 4. The first kappa shape index (κ1) is 18.5. The average Bonchev–Trinajstić information content (AvgIpc) is 3.29. The zero-order valence-corrected chi connectivity index (χ0v) is 15.8. The third-order valence-corrected chi connectivity index (χ3v) is 4.36. The van der Waals surface area contributed by atoms with Crippen molar-refractivity contribution in [2.45, 2.75) is 12.8 Å². The quantitative estimate of drug-likeness (QED) is 0.478. The predicted octanol–water partition coefficient (Wildman–Crippen LogP) is 3.36. The highest BCUT2D eigenvalue weighted by atomic mass is 16.2. The molecule has 0 unspecified atom stereocenters. The molecule has 0 radical (unpaired) electrons. The molecule has 148 valence electrons. The van der Waals surface area contributed by atoms with Crippen LogP contribution in [0.2, 0.25) is 0 Å². The smallest absolute Gasteiger partial charge is 0.337 e. The summed E-state index contributed by atoms with van der Waals surface area (Å²) in [5, 5.41) is 5.90. The molecule has 1 aliphatic heterocycles. The Balaban J connectivity index is 1.48. The van der Waals surface area contributed by atoms with Crippen molar-refractivity contribution in [3.63, 3.8) is 0 Å². The lowest BCUT2D eigenvalue weighted by Crippen LogP contribution is -2.34. The predicted molar refractivity (Wildman–Crippen MR) is 113 cm³/mol. The number of carbonyl (C=O) groups is 1. The SMILES string of the molecule is O=C(NNc1nc(Nc2ccccc2)nc(N2CCCC2)n1)Nc1ccccc1. The lowest BCUT2D eigenvalue weighted by atomic mass is 10.3. The minimum atomic E-state index is -0.420. The summed E-state index contributed by atoms with van der Waals surface area (Å²) in [5.41, 5.74) is 6.88. The number of para-hydroxylation sites is 2. The largest absolute Gasteiger partial charge is 0.341 e. The molecule has 3 aromatic rings. The van der Waals surface area contributed by atoms with Crippen LogP contribution in [0.5, 0.6) is 0 Å². The topological polar surface area (TPSA) is 107 Å². The van der Waals surface area contributed by atoms with Crippen LogP contribution in [0.4, 0.5) is 34.0 Å². The summed E-state index contributed by atoms with van der Waals surface area (Å²) in [6, 6.07) is 18.4. The van der Waals surface area contributed by atoms with Gasteiger partial charge in [-0.25, -0.2) is 10.2 Å². The van der Waals surface area contributed by atoms with Crippen LogP contribution in [0.3, 0.4) is 0 Å². The number of urea groups is 1. The number of amides is 2. The minimum Gasteiger partial charge on any atom is -0.341 e. The highest BCUT2D eigenvalue weighted by Gasteiger charge is 2.18. The molecule has 4 rings (SSSR count). The van der Waals surface area contributed by atoms with Crippen LogP contribution >= 0.6 is 0 Å². The van der Waals surface area contributed by atoms with Crippen LogP contribution in [-0.4, -0.2) is 34.1 Å². The Kier molecular flexibility index (Phi) is 5.65. The zero-order valence-electron chi connectivity index (χ0n) is 15.8. The lowest BCUT2D eigenvalue weighted by molar-refractivity contribution is 0.253. The van der Waals surface area contributed by atoms with E-state index in [4.69, 9.17) is 0 Å². The highest BCUT2D eigenvalue weighted by Crippen LogP contribution is 2.20. The van der Waals surface area contributed by atoms with Crippen LogP contribution in [0.15, 0.2) is 60.7 Å². The number of rotatable bonds is 6. The van der Waals surface area contributed by atoms with E-state index in [0.717, 1.165) is 31.6 Å². The fourth-order valence-electron chi connectivity index (χ4n) is 2.98. The van der Waals surface area contributed by atoms with Crippen LogP contribution in [0.1, 0.15) is 12.8 Å². The number of carbonyl (C=O) groups excluding carboxylic acids is 1. The normalized spacial score (nSPS) is 13.0. The summed E-state index contributed by atoms with van der Waals surface area (Å²) in [4.78, 5) is 27.6. The first-order valence-electron chi connectivity index (χ1n) is 9.47. The molecule has 0 aliphatic carbocycles. The molecule has 1 saturated heterocycles. The Hall–Kier alpha value is -3.88. The molecule has 9 nitrogen and oxygen atoms in total. The molecular weight excluding hydrogens is 368 g/mol. The second-order valence-electron chi connectivity index (χ2n) is 6.54. The fourth-order valence-corrected chi connectivity index (χ4v) is 2.98. The summed E-state index contributed by atoms with van der Waals surface area (Å²) >= 11 is 0. The van der Waals surface area contributed by atoms with Gasteiger partial charge in [-0.1, -0.05) is 36.4 Å². The number of benzene rings is 2. The van der Waals surface area contributed by atoms with E-state index in [9.17, 15) is 4.79 Å². The van der Waals surface area contributed by atoms with E-state index >= 15 is 0 Å². The molecule has 2 heterocycles. The minimum absolute atomic E-state index is 0.253. The lowest BCUT2D eigenvalue weighted by Gasteiger charge is -2.17. The molecule has 1 fully saturated rings. The van der Waals surface area contributed by atoms with Gasteiger partial charge in [0.05, 0.1) is 0 Å². The van der Waals surface area contributed by atoms with Crippen LogP contribution < -0.4 is 26.4 Å². The van der Waals surface area contributed by atoms with Gasteiger partial charge in [-0.05, 0) is 37.1 Å². The molecule has 0 bridgehead atoms. The number of hydrogen-bond acceptors (Lipinski definition) is 7. The van der Waals surface area contributed by atoms with E-state index in [1.54, 1.807) is 12.1 Å². The van der Waals surface area contributed by atoms with Crippen LogP contribution in [-0.2, 0) is 0 Å². The van der Waals surface area contributed by atoms with E-state index in [-0.39, 0.29) is 5.95 Å². The third-order valence-electron chi connectivity index (χ3n) is 4.36. The van der Waals surface area contributed by atoms with Crippen molar-refractivity contribution in [3.05, 3.63) is 60.7 Å². The van der Waals surface area contributed by atoms with Gasteiger partial charge < -0.3 is 15.5 Å². The number of hydrazine groups is 1. The molecule has 0 atom stereocenters. The van der Waals surface area contributed by atoms with Gasteiger partial charge >= 0.3 is 6.03 Å². The van der Waals surface area contributed by atoms with Gasteiger partial charge in [-0.2, -0.15) is 15.0 Å². The zero-order chi connectivity index (χ0) is 19.9. The van der Waals surface area contributed by atoms with Crippen molar-refractivity contribution in [1.82, 2.24) is 20.4 Å². The highest BCUT2D eigenvalue weighted by molar-refractivity contribution is 5.89. The molecule has 0 spiro atoms. The van der Waals surface area contributed by atoms with Gasteiger partial charge in [0.25, 0.3) is 0 Å². The number of nitrogens with one attached hydrogen (secondary N) is 4. The molecule has 2 amide bonds. The van der Waals surface area contributed by atoms with E-state index in [2.05, 4.69) is 41.3 Å². The van der Waals surface area contributed by atoms with Crippen molar-refractivity contribution in [2.24, 2.45) is 0 Å². The summed E-state index contributed by atoms with van der Waals surface area (Å²) in [6.45, 7) is 1.80. The Bertz CT molecular complexity index is 945. The molecule has 1 aromatic heterocycles. The number of hydrogen-bond donors (Lipinski definition) is 4. The van der Waals surface area contributed by atoms with E-state index < -0.39 is 6.03 Å². The maximum absolute atomic E-state index is 12.1. The van der Waals surface area contributed by atoms with Crippen molar-refractivity contribution in [2.75, 3.05) is 34.0 Å². The van der Waals surface area contributed by atoms with Gasteiger partial charge in [0.1, 0.15) is 0 Å². The van der Waals surface area contributed by atoms with E-state index in [1.165, 1.54) is 0 Å². The fraction of sp³-hybridized carbons (Fsp3) is 0.200. The summed E-state index contributed by atoms with van der Waals surface area (Å²) in [5.74, 6) is 1.23. The third kappa shape index (κ3) is 5.10. The molecular formula is C20H22N8O. The van der Waals surface area contributed by atoms with Crippen LogP contribution in [0, 0.1) is 0 Å². The number of aromatic nitrogens is 3. The van der Waals surface area contributed by atoms with Gasteiger partial charge in [0.2, 0.25) is 17.8 Å². The van der Waals surface area contributed by atoms with Crippen molar-refractivity contribution in [1.29, 1.82) is 0 Å². The van der Waals surface area contributed by atoms with Crippen molar-refractivity contribution < 1.29 is 4.79 Å². The standard InChI is InChI=1S/C20H22N8O/c29-20(22-16-11-5-2-6-12-16)27-26-18-23-17(21-15-9-3-1-4-10-15)24-19(25-18)28-13-7-8-14-28/h1-6,9-12H,7-8,13-14H2,(H2,22,27,29)(H2,21,23,24,25,26). The van der Waals surface area contributed by atoms with Gasteiger partial charge in [-0.15, -0.1) is 0 Å². The van der Waals surface area contributed by atoms with E-state index in [1.807, 2.05) is 48.5 Å².